The normalized spacial score (nSPS) is 29.2. The molecule has 1 fully saturated rings. The predicted octanol–water partition coefficient (Wildman–Crippen LogP) is 1.24. The summed E-state index contributed by atoms with van der Waals surface area (Å²) in [5.41, 5.74) is -0.127. The van der Waals surface area contributed by atoms with Crippen LogP contribution in [0.4, 0.5) is 0 Å². The quantitative estimate of drug-likeness (QED) is 0.721. The van der Waals surface area contributed by atoms with Crippen molar-refractivity contribution in [1.29, 1.82) is 0 Å². The average molecular weight is 258 g/mol. The van der Waals surface area contributed by atoms with Crippen molar-refractivity contribution in [3.8, 4) is 0 Å². The second-order valence-corrected chi connectivity index (χ2v) is 5.87. The molecule has 0 radical (unpaired) electrons. The van der Waals surface area contributed by atoms with E-state index in [-0.39, 0.29) is 12.1 Å². The molecule has 18 heavy (non-hydrogen) atoms. The van der Waals surface area contributed by atoms with Crippen LogP contribution >= 0.6 is 0 Å². The van der Waals surface area contributed by atoms with E-state index in [1.165, 1.54) is 0 Å². The Kier molecular flexibility index (Phi) is 6.57. The van der Waals surface area contributed by atoms with Crippen LogP contribution in [0, 0.1) is 0 Å². The maximum atomic E-state index is 9.44. The monoisotopic (exact) mass is 258 g/mol. The van der Waals surface area contributed by atoms with Gasteiger partial charge in [0, 0.05) is 18.6 Å². The van der Waals surface area contributed by atoms with Gasteiger partial charge in [-0.05, 0) is 46.7 Å². The summed E-state index contributed by atoms with van der Waals surface area (Å²) in [6.07, 6.45) is 2.81. The zero-order chi connectivity index (χ0) is 13.6. The number of nitrogens with zero attached hydrogens (tertiary/aromatic N) is 1. The molecule has 4 heteroatoms. The third-order valence-electron chi connectivity index (χ3n) is 3.65. The zero-order valence-electron chi connectivity index (χ0n) is 12.4. The van der Waals surface area contributed by atoms with E-state index in [0.717, 1.165) is 39.0 Å². The number of aliphatic hydroxyl groups excluding tert-OH is 1. The molecule has 0 bridgehead atoms. The molecule has 3 unspecified atom stereocenters. The van der Waals surface area contributed by atoms with Gasteiger partial charge >= 0.3 is 0 Å². The summed E-state index contributed by atoms with van der Waals surface area (Å²) in [7, 11) is 0. The summed E-state index contributed by atoms with van der Waals surface area (Å²) in [5, 5.41) is 12.8. The van der Waals surface area contributed by atoms with Gasteiger partial charge in [-0.15, -0.1) is 0 Å². The Balaban J connectivity index is 2.27. The molecule has 1 rings (SSSR count). The molecular formula is C14H30N2O2. The van der Waals surface area contributed by atoms with Crippen molar-refractivity contribution >= 4 is 0 Å². The number of hydrogen-bond donors (Lipinski definition) is 2. The minimum absolute atomic E-state index is 0.127. The Morgan fingerprint density at radius 3 is 2.44 bits per heavy atom. The van der Waals surface area contributed by atoms with E-state index >= 15 is 0 Å². The standard InChI is InChI=1S/C14H30N2O2/c1-5-15-14(4,11-17)7-6-8-16-9-12(2)18-13(3)10-16/h12-13,15,17H,5-11H2,1-4H3. The van der Waals surface area contributed by atoms with Gasteiger partial charge in [0.15, 0.2) is 0 Å². The molecule has 1 aliphatic rings. The molecule has 2 N–H and O–H groups in total. The molecule has 0 saturated carbocycles. The number of nitrogens with one attached hydrogen (secondary N) is 1. The molecule has 1 aliphatic heterocycles. The minimum Gasteiger partial charge on any atom is -0.394 e. The van der Waals surface area contributed by atoms with Gasteiger partial charge in [0.25, 0.3) is 0 Å². The minimum atomic E-state index is -0.127. The molecule has 4 nitrogen and oxygen atoms in total. The number of rotatable bonds is 7. The van der Waals surface area contributed by atoms with Crippen LogP contribution < -0.4 is 5.32 Å². The van der Waals surface area contributed by atoms with Gasteiger partial charge in [-0.3, -0.25) is 4.90 Å². The Labute approximate surface area is 112 Å². The van der Waals surface area contributed by atoms with Crippen molar-refractivity contribution in [1.82, 2.24) is 10.2 Å². The highest BCUT2D eigenvalue weighted by Crippen LogP contribution is 2.15. The predicted molar refractivity (Wildman–Crippen MR) is 74.9 cm³/mol. The Morgan fingerprint density at radius 2 is 1.94 bits per heavy atom. The molecule has 1 saturated heterocycles. The van der Waals surface area contributed by atoms with Gasteiger partial charge in [0.2, 0.25) is 0 Å². The summed E-state index contributed by atoms with van der Waals surface area (Å²) < 4.78 is 5.73. The Morgan fingerprint density at radius 1 is 1.33 bits per heavy atom. The van der Waals surface area contributed by atoms with Gasteiger partial charge in [-0.1, -0.05) is 6.92 Å². The topological polar surface area (TPSA) is 44.7 Å². The smallest absolute Gasteiger partial charge is 0.0678 e. The first kappa shape index (κ1) is 15.9. The molecule has 1 heterocycles. The highest BCUT2D eigenvalue weighted by Gasteiger charge is 2.24. The van der Waals surface area contributed by atoms with E-state index in [2.05, 4.69) is 37.9 Å². The summed E-state index contributed by atoms with van der Waals surface area (Å²) >= 11 is 0. The molecule has 0 aliphatic carbocycles. The fourth-order valence-electron chi connectivity index (χ4n) is 2.81. The third-order valence-corrected chi connectivity index (χ3v) is 3.65. The van der Waals surface area contributed by atoms with Crippen molar-refractivity contribution < 1.29 is 9.84 Å². The van der Waals surface area contributed by atoms with Crippen LogP contribution in [0.3, 0.4) is 0 Å². The average Bonchev–Trinajstić information content (AvgIpc) is 2.28. The number of hydrogen-bond acceptors (Lipinski definition) is 4. The fraction of sp³-hybridized carbons (Fsp3) is 1.00. The van der Waals surface area contributed by atoms with Gasteiger partial charge in [-0.2, -0.15) is 0 Å². The van der Waals surface area contributed by atoms with E-state index in [1.54, 1.807) is 0 Å². The summed E-state index contributed by atoms with van der Waals surface area (Å²) in [6.45, 7) is 12.7. The first-order chi connectivity index (χ1) is 8.49. The molecule has 108 valence electrons. The van der Waals surface area contributed by atoms with Gasteiger partial charge < -0.3 is 15.2 Å². The first-order valence-electron chi connectivity index (χ1n) is 7.23. The SMILES string of the molecule is CCNC(C)(CO)CCCN1CC(C)OC(C)C1. The van der Waals surface area contributed by atoms with Crippen molar-refractivity contribution in [2.45, 2.75) is 58.3 Å². The second-order valence-electron chi connectivity index (χ2n) is 5.87. The molecule has 0 aromatic rings. The fourth-order valence-corrected chi connectivity index (χ4v) is 2.81. The molecule has 3 atom stereocenters. The third kappa shape index (κ3) is 5.22. The van der Waals surface area contributed by atoms with Crippen LogP contribution in [0.2, 0.25) is 0 Å². The van der Waals surface area contributed by atoms with Crippen molar-refractivity contribution in [3.63, 3.8) is 0 Å². The van der Waals surface area contributed by atoms with E-state index in [0.29, 0.717) is 12.2 Å². The Hall–Kier alpha value is -0.160. The van der Waals surface area contributed by atoms with Crippen molar-refractivity contribution in [2.24, 2.45) is 0 Å². The van der Waals surface area contributed by atoms with Crippen LogP contribution in [0.5, 0.6) is 0 Å². The summed E-state index contributed by atoms with van der Waals surface area (Å²) in [6, 6.07) is 0. The zero-order valence-corrected chi connectivity index (χ0v) is 12.4. The lowest BCUT2D eigenvalue weighted by Gasteiger charge is -2.36. The van der Waals surface area contributed by atoms with Crippen LogP contribution in [-0.4, -0.2) is 60.5 Å². The molecule has 0 aromatic carbocycles. The van der Waals surface area contributed by atoms with Crippen molar-refractivity contribution in [3.05, 3.63) is 0 Å². The van der Waals surface area contributed by atoms with Gasteiger partial charge in [0.05, 0.1) is 18.8 Å². The van der Waals surface area contributed by atoms with Crippen LogP contribution in [-0.2, 0) is 4.74 Å². The molecular weight excluding hydrogens is 228 g/mol. The highest BCUT2D eigenvalue weighted by atomic mass is 16.5. The first-order valence-corrected chi connectivity index (χ1v) is 7.23. The number of aliphatic hydroxyl groups is 1. The summed E-state index contributed by atoms with van der Waals surface area (Å²) in [5.74, 6) is 0. The van der Waals surface area contributed by atoms with Gasteiger partial charge in [-0.25, -0.2) is 0 Å². The van der Waals surface area contributed by atoms with E-state index in [1.807, 2.05) is 0 Å². The number of ether oxygens (including phenoxy) is 1. The van der Waals surface area contributed by atoms with Crippen LogP contribution in [0.1, 0.15) is 40.5 Å². The lowest BCUT2D eigenvalue weighted by molar-refractivity contribution is -0.0685. The second kappa shape index (κ2) is 7.43. The van der Waals surface area contributed by atoms with E-state index in [9.17, 15) is 5.11 Å². The molecule has 0 aromatic heterocycles. The van der Waals surface area contributed by atoms with E-state index < -0.39 is 0 Å². The maximum absolute atomic E-state index is 9.44. The number of morpholine rings is 1. The van der Waals surface area contributed by atoms with Crippen LogP contribution in [0.15, 0.2) is 0 Å². The summed E-state index contributed by atoms with van der Waals surface area (Å²) in [4.78, 5) is 2.47. The maximum Gasteiger partial charge on any atom is 0.0678 e. The van der Waals surface area contributed by atoms with Crippen molar-refractivity contribution in [2.75, 3.05) is 32.8 Å². The highest BCUT2D eigenvalue weighted by molar-refractivity contribution is 4.82. The molecule has 0 amide bonds. The number of likely N-dealkylation sites (N-methyl/N-ethyl adjacent to an activating group) is 1. The molecule has 0 spiro atoms. The van der Waals surface area contributed by atoms with Gasteiger partial charge in [0.1, 0.15) is 0 Å². The van der Waals surface area contributed by atoms with Crippen LogP contribution in [0.25, 0.3) is 0 Å². The van der Waals surface area contributed by atoms with E-state index in [4.69, 9.17) is 4.74 Å². The largest absolute Gasteiger partial charge is 0.394 e. The lowest BCUT2D eigenvalue weighted by Crippen LogP contribution is -2.48. The lowest BCUT2D eigenvalue weighted by atomic mass is 9.96. The Bertz CT molecular complexity index is 228.